The highest BCUT2D eigenvalue weighted by Crippen LogP contribution is 2.29. The van der Waals surface area contributed by atoms with Crippen LogP contribution in [0.4, 0.5) is 0 Å². The fraction of sp³-hybridized carbons (Fsp3) is 0.211. The van der Waals surface area contributed by atoms with Gasteiger partial charge in [0.15, 0.2) is 6.20 Å². The Morgan fingerprint density at radius 1 is 1.00 bits per heavy atom. The van der Waals surface area contributed by atoms with Gasteiger partial charge in [-0.1, -0.05) is 29.8 Å². The number of nitrogens with zero attached hydrogens (tertiary/aromatic N) is 1. The molecule has 0 amide bonds. The number of aromatic nitrogens is 1. The highest BCUT2D eigenvalue weighted by Gasteiger charge is 2.17. The van der Waals surface area contributed by atoms with Crippen LogP contribution >= 0.6 is 0 Å². The van der Waals surface area contributed by atoms with Crippen LogP contribution in [0.15, 0.2) is 48.6 Å². The Kier molecular flexibility index (Phi) is 2.77. The van der Waals surface area contributed by atoms with Crippen molar-refractivity contribution < 1.29 is 5.94 Å². The first-order chi connectivity index (χ1) is 9.97. The predicted molar refractivity (Wildman–Crippen MR) is 84.8 cm³/mol. The monoisotopic (exact) mass is 263 g/mol. The predicted octanol–water partition coefficient (Wildman–Crippen LogP) is 4.26. The zero-order chi connectivity index (χ0) is 15.1. The summed E-state index contributed by atoms with van der Waals surface area (Å²) >= 11 is 0. The maximum absolute atomic E-state index is 8.03. The number of pyridine rings is 1. The maximum Gasteiger partial charge on any atom is 0.220 e. The van der Waals surface area contributed by atoms with Gasteiger partial charge in [-0.2, -0.15) is 0 Å². The first-order valence-corrected chi connectivity index (χ1v) is 6.94. The molecule has 0 saturated carbocycles. The minimum absolute atomic E-state index is 0.567. The average Bonchev–Trinajstić information content (AvgIpc) is 2.43. The number of hydrogen-bond acceptors (Lipinski definition) is 0. The van der Waals surface area contributed by atoms with Gasteiger partial charge in [0.2, 0.25) is 5.69 Å². The van der Waals surface area contributed by atoms with Crippen LogP contribution in [0.5, 0.6) is 0 Å². The molecule has 0 aliphatic carbocycles. The van der Waals surface area contributed by atoms with Crippen molar-refractivity contribution in [3.63, 3.8) is 0 Å². The third-order valence-electron chi connectivity index (χ3n) is 4.07. The van der Waals surface area contributed by atoms with E-state index < -0.39 is 0 Å². The van der Waals surface area contributed by atoms with E-state index in [9.17, 15) is 0 Å². The highest BCUT2D eigenvalue weighted by molar-refractivity contribution is 5.94. The van der Waals surface area contributed by atoms with Crippen molar-refractivity contribution in [2.24, 2.45) is 7.05 Å². The maximum atomic E-state index is 8.03. The van der Waals surface area contributed by atoms with Gasteiger partial charge < -0.3 is 0 Å². The van der Waals surface area contributed by atoms with Crippen LogP contribution in [0.3, 0.4) is 0 Å². The van der Waals surface area contributed by atoms with Crippen LogP contribution in [0, 0.1) is 20.8 Å². The van der Waals surface area contributed by atoms with Gasteiger partial charge in [-0.3, -0.25) is 0 Å². The lowest BCUT2D eigenvalue weighted by Gasteiger charge is -2.10. The van der Waals surface area contributed by atoms with Crippen LogP contribution in [0.2, 0.25) is 0 Å². The summed E-state index contributed by atoms with van der Waals surface area (Å²) < 4.78 is 10.2. The fourth-order valence-electron chi connectivity index (χ4n) is 2.74. The van der Waals surface area contributed by atoms with E-state index in [2.05, 4.69) is 62.8 Å². The zero-order valence-electron chi connectivity index (χ0n) is 13.5. The van der Waals surface area contributed by atoms with Crippen molar-refractivity contribution in [1.29, 1.82) is 0 Å². The number of fused-ring (bicyclic) bond motifs is 1. The van der Waals surface area contributed by atoms with Crippen molar-refractivity contribution in [1.82, 2.24) is 0 Å². The Bertz CT molecular complexity index is 845. The Balaban J connectivity index is 2.45. The molecule has 1 nitrogen and oxygen atoms in total. The lowest BCUT2D eigenvalue weighted by Crippen LogP contribution is -2.30. The molecule has 0 fully saturated rings. The summed E-state index contributed by atoms with van der Waals surface area (Å²) in [4.78, 5) is 0. The second-order valence-electron chi connectivity index (χ2n) is 5.54. The first-order valence-electron chi connectivity index (χ1n) is 7.44. The fourth-order valence-corrected chi connectivity index (χ4v) is 2.74. The second-order valence-corrected chi connectivity index (χ2v) is 5.54. The summed E-state index contributed by atoms with van der Waals surface area (Å²) in [6.07, 6.45) is 2.10. The van der Waals surface area contributed by atoms with Crippen molar-refractivity contribution in [2.75, 3.05) is 0 Å². The van der Waals surface area contributed by atoms with E-state index in [0.717, 1.165) is 5.56 Å². The minimum Gasteiger partial charge on any atom is -0.200 e. The van der Waals surface area contributed by atoms with E-state index in [4.69, 9.17) is 1.37 Å². The molecule has 2 aromatic carbocycles. The van der Waals surface area contributed by atoms with Crippen LogP contribution in [-0.2, 0) is 7.05 Å². The number of rotatable bonds is 1. The molecule has 0 bridgehead atoms. The van der Waals surface area contributed by atoms with Gasteiger partial charge in [0.25, 0.3) is 0 Å². The van der Waals surface area contributed by atoms with Gasteiger partial charge in [-0.25, -0.2) is 4.57 Å². The molecule has 0 spiro atoms. The molecule has 3 aromatic rings. The van der Waals surface area contributed by atoms with Gasteiger partial charge in [0, 0.05) is 11.6 Å². The molecule has 0 N–H and O–H groups in total. The Morgan fingerprint density at radius 3 is 2.60 bits per heavy atom. The van der Waals surface area contributed by atoms with E-state index in [0.29, 0.717) is 6.04 Å². The van der Waals surface area contributed by atoms with Crippen molar-refractivity contribution in [3.8, 4) is 11.3 Å². The number of benzene rings is 2. The molecule has 20 heavy (non-hydrogen) atoms. The minimum atomic E-state index is 0.567. The molecule has 0 aliphatic heterocycles. The summed E-state index contributed by atoms with van der Waals surface area (Å²) in [5, 5.41) is 2.48. The Morgan fingerprint density at radius 2 is 1.80 bits per heavy atom. The van der Waals surface area contributed by atoms with E-state index in [1.165, 1.54) is 33.2 Å². The number of aryl methyl sites for hydroxylation is 3. The molecule has 1 aromatic heterocycles. The quantitative estimate of drug-likeness (QED) is 0.578. The van der Waals surface area contributed by atoms with Gasteiger partial charge in [0.1, 0.15) is 7.05 Å². The second kappa shape index (κ2) is 4.75. The standard InChI is InChI=1S/C19H20N/c1-13-8-9-16-10-11-20(4)19(18(16)12-13)17-7-5-6-14(2)15(17)3/h5-12H,1-4H3/q+1/i5D. The third kappa shape index (κ3) is 2.00. The summed E-state index contributed by atoms with van der Waals surface area (Å²) in [6, 6.07) is 13.2. The van der Waals surface area contributed by atoms with Crippen LogP contribution in [0.1, 0.15) is 18.1 Å². The van der Waals surface area contributed by atoms with E-state index in [1.807, 2.05) is 12.1 Å². The lowest BCUT2D eigenvalue weighted by atomic mass is 9.96. The van der Waals surface area contributed by atoms with Crippen LogP contribution in [-0.4, -0.2) is 0 Å². The number of hydrogen-bond donors (Lipinski definition) is 0. The Labute approximate surface area is 121 Å². The van der Waals surface area contributed by atoms with Crippen LogP contribution < -0.4 is 4.57 Å². The molecule has 0 radical (unpaired) electrons. The molecular weight excluding hydrogens is 242 g/mol. The normalized spacial score (nSPS) is 11.7. The van der Waals surface area contributed by atoms with Gasteiger partial charge in [-0.05, 0) is 49.4 Å². The zero-order valence-corrected chi connectivity index (χ0v) is 12.5. The largest absolute Gasteiger partial charge is 0.220 e. The van der Waals surface area contributed by atoms with Crippen molar-refractivity contribution in [2.45, 2.75) is 20.8 Å². The molecule has 0 unspecified atom stereocenters. The average molecular weight is 263 g/mol. The summed E-state index contributed by atoms with van der Waals surface area (Å²) in [5.41, 5.74) is 6.01. The molecular formula is C19H20N+. The van der Waals surface area contributed by atoms with Crippen LogP contribution in [0.25, 0.3) is 22.0 Å². The molecule has 1 heteroatoms. The molecule has 0 saturated heterocycles. The molecule has 1 heterocycles. The molecule has 3 rings (SSSR count). The van der Waals surface area contributed by atoms with E-state index in [1.54, 1.807) is 0 Å². The van der Waals surface area contributed by atoms with Crippen molar-refractivity contribution >= 4 is 10.8 Å². The van der Waals surface area contributed by atoms with Gasteiger partial charge >= 0.3 is 0 Å². The Hall–Kier alpha value is -2.15. The van der Waals surface area contributed by atoms with E-state index in [-0.39, 0.29) is 0 Å². The summed E-state index contributed by atoms with van der Waals surface area (Å²) in [7, 11) is 2.07. The SMILES string of the molecule is [2H]c1cc(C)c(C)c(-c2c3cc(C)ccc3cc[n+]2C)c1. The topological polar surface area (TPSA) is 3.88 Å². The summed E-state index contributed by atoms with van der Waals surface area (Å²) in [6.45, 7) is 6.33. The third-order valence-corrected chi connectivity index (χ3v) is 4.07. The molecule has 100 valence electrons. The molecule has 0 atom stereocenters. The van der Waals surface area contributed by atoms with Gasteiger partial charge in [-0.15, -0.1) is 0 Å². The van der Waals surface area contributed by atoms with Crippen molar-refractivity contribution in [3.05, 3.63) is 65.3 Å². The smallest absolute Gasteiger partial charge is 0.200 e. The lowest BCUT2D eigenvalue weighted by molar-refractivity contribution is -0.659. The van der Waals surface area contributed by atoms with E-state index >= 15 is 0 Å². The highest BCUT2D eigenvalue weighted by atomic mass is 14.9. The molecule has 0 aliphatic rings. The summed E-state index contributed by atoms with van der Waals surface area (Å²) in [5.74, 6) is 0. The first kappa shape index (κ1) is 11.7. The van der Waals surface area contributed by atoms with Gasteiger partial charge in [0.05, 0.1) is 6.76 Å².